The maximum Gasteiger partial charge on any atom is 0.161 e. The molecule has 1 nitrogen and oxygen atoms in total. The smallest absolute Gasteiger partial charge is 0.161 e. The quantitative estimate of drug-likeness (QED) is 0.658. The highest BCUT2D eigenvalue weighted by Crippen LogP contribution is 2.21. The molecule has 1 rings (SSSR count). The monoisotopic (exact) mass is 194 g/mol. The van der Waals surface area contributed by atoms with E-state index < -0.39 is 0 Å². The second-order valence-electron chi connectivity index (χ2n) is 3.03. The Morgan fingerprint density at radius 2 is 2.00 bits per heavy atom. The Kier molecular flexibility index (Phi) is 2.89. The molecule has 0 atom stereocenters. The van der Waals surface area contributed by atoms with Gasteiger partial charge in [0.15, 0.2) is 5.78 Å². The topological polar surface area (TPSA) is 17.1 Å². The van der Waals surface area contributed by atoms with E-state index in [2.05, 4.69) is 6.58 Å². The number of hydrogen-bond donors (Lipinski definition) is 0. The van der Waals surface area contributed by atoms with Gasteiger partial charge in [0.1, 0.15) is 0 Å². The molecule has 0 heterocycles. The van der Waals surface area contributed by atoms with Crippen LogP contribution in [-0.4, -0.2) is 5.78 Å². The Morgan fingerprint density at radius 1 is 1.38 bits per heavy atom. The lowest BCUT2D eigenvalue weighted by Gasteiger charge is -2.03. The summed E-state index contributed by atoms with van der Waals surface area (Å²) in [6.45, 7) is 7.20. The highest BCUT2D eigenvalue weighted by Gasteiger charge is 2.06. The van der Waals surface area contributed by atoms with Crippen LogP contribution in [-0.2, 0) is 0 Å². The fraction of sp³-hybridized carbons (Fsp3) is 0.182. The molecule has 0 aromatic heterocycles. The first-order valence-corrected chi connectivity index (χ1v) is 4.36. The molecule has 0 saturated carbocycles. The second kappa shape index (κ2) is 3.75. The number of carbonyl (C=O) groups excluding carboxylic acids is 1. The lowest BCUT2D eigenvalue weighted by Crippen LogP contribution is -1.94. The van der Waals surface area contributed by atoms with Crippen molar-refractivity contribution in [1.82, 2.24) is 0 Å². The molecule has 2 heteroatoms. The van der Waals surface area contributed by atoms with Crippen LogP contribution in [0.5, 0.6) is 0 Å². The summed E-state index contributed by atoms with van der Waals surface area (Å²) in [5.74, 6) is -0.0203. The molecule has 0 N–H and O–H groups in total. The molecule has 0 saturated heterocycles. The number of carbonyl (C=O) groups is 1. The highest BCUT2D eigenvalue weighted by molar-refractivity contribution is 6.33. The van der Waals surface area contributed by atoms with E-state index in [1.165, 1.54) is 6.92 Å². The van der Waals surface area contributed by atoms with Gasteiger partial charge < -0.3 is 0 Å². The van der Waals surface area contributed by atoms with Crippen molar-refractivity contribution >= 4 is 23.0 Å². The van der Waals surface area contributed by atoms with Gasteiger partial charge in [-0.3, -0.25) is 4.79 Å². The van der Waals surface area contributed by atoms with Crippen LogP contribution < -0.4 is 0 Å². The highest BCUT2D eigenvalue weighted by atomic mass is 35.5. The van der Waals surface area contributed by atoms with Gasteiger partial charge in [-0.15, -0.1) is 0 Å². The number of ketones is 1. The van der Waals surface area contributed by atoms with Crippen LogP contribution in [0.15, 0.2) is 24.8 Å². The van der Waals surface area contributed by atoms with Gasteiger partial charge in [-0.2, -0.15) is 0 Å². The lowest BCUT2D eigenvalue weighted by atomic mass is 10.0. The maximum atomic E-state index is 11.1. The van der Waals surface area contributed by atoms with Crippen LogP contribution in [0.1, 0.15) is 29.8 Å². The molecule has 0 aliphatic carbocycles. The molecule has 13 heavy (non-hydrogen) atoms. The molecule has 0 fully saturated rings. The van der Waals surface area contributed by atoms with Gasteiger partial charge in [0.25, 0.3) is 0 Å². The van der Waals surface area contributed by atoms with Gasteiger partial charge in [-0.05, 0) is 31.5 Å². The molecule has 0 aliphatic rings. The second-order valence-corrected chi connectivity index (χ2v) is 3.44. The Bertz CT molecular complexity index is 366. The Balaban J connectivity index is 3.27. The largest absolute Gasteiger partial charge is 0.294 e. The third kappa shape index (κ3) is 2.19. The summed E-state index contributed by atoms with van der Waals surface area (Å²) in [5.41, 5.74) is 2.44. The number of Topliss-reactive ketones (excluding diaryl/α,β-unsaturated/α-hetero) is 1. The summed E-state index contributed by atoms with van der Waals surface area (Å²) in [5, 5.41) is 0.498. The summed E-state index contributed by atoms with van der Waals surface area (Å²) in [7, 11) is 0. The molecule has 0 amide bonds. The zero-order valence-corrected chi connectivity index (χ0v) is 8.48. The van der Waals surface area contributed by atoms with Crippen molar-refractivity contribution in [1.29, 1.82) is 0 Å². The molecule has 1 aromatic carbocycles. The first kappa shape index (κ1) is 10.0. The first-order chi connectivity index (χ1) is 6.02. The third-order valence-corrected chi connectivity index (χ3v) is 2.17. The van der Waals surface area contributed by atoms with Crippen LogP contribution in [0, 0.1) is 0 Å². The van der Waals surface area contributed by atoms with Gasteiger partial charge in [-0.1, -0.05) is 29.8 Å². The Labute approximate surface area is 83.0 Å². The van der Waals surface area contributed by atoms with Crippen LogP contribution >= 0.6 is 11.6 Å². The van der Waals surface area contributed by atoms with Gasteiger partial charge >= 0.3 is 0 Å². The zero-order valence-electron chi connectivity index (χ0n) is 7.73. The number of allylic oxidation sites excluding steroid dienone is 1. The van der Waals surface area contributed by atoms with E-state index in [9.17, 15) is 4.79 Å². The predicted molar refractivity (Wildman–Crippen MR) is 56.2 cm³/mol. The van der Waals surface area contributed by atoms with Crippen LogP contribution in [0.2, 0.25) is 5.02 Å². The third-order valence-electron chi connectivity index (χ3n) is 1.84. The van der Waals surface area contributed by atoms with E-state index in [-0.39, 0.29) is 5.78 Å². The molecular weight excluding hydrogens is 184 g/mol. The summed E-state index contributed by atoms with van der Waals surface area (Å²) in [4.78, 5) is 11.1. The van der Waals surface area contributed by atoms with E-state index in [4.69, 9.17) is 11.6 Å². The summed E-state index contributed by atoms with van der Waals surface area (Å²) in [6.07, 6.45) is 0. The number of rotatable bonds is 2. The first-order valence-electron chi connectivity index (χ1n) is 3.98. The average Bonchev–Trinajstić information content (AvgIpc) is 2.04. The lowest BCUT2D eigenvalue weighted by molar-refractivity contribution is 0.101. The number of halogens is 1. The predicted octanol–water partition coefficient (Wildman–Crippen LogP) is 3.58. The van der Waals surface area contributed by atoms with E-state index >= 15 is 0 Å². The molecule has 0 spiro atoms. The van der Waals surface area contributed by atoms with Crippen LogP contribution in [0.25, 0.3) is 5.57 Å². The summed E-state index contributed by atoms with van der Waals surface area (Å²) < 4.78 is 0. The van der Waals surface area contributed by atoms with Crippen molar-refractivity contribution in [2.24, 2.45) is 0 Å². The number of hydrogen-bond acceptors (Lipinski definition) is 1. The standard InChI is InChI=1S/C11H11ClO/c1-7(2)9-4-5-11(12)10(6-9)8(3)13/h4-6H,1H2,2-3H3. The average molecular weight is 195 g/mol. The fourth-order valence-electron chi connectivity index (χ4n) is 1.06. The van der Waals surface area contributed by atoms with Crippen molar-refractivity contribution in [2.75, 3.05) is 0 Å². The summed E-state index contributed by atoms with van der Waals surface area (Å²) in [6, 6.07) is 5.35. The number of benzene rings is 1. The van der Waals surface area contributed by atoms with Gasteiger partial charge in [0.05, 0.1) is 5.02 Å². The summed E-state index contributed by atoms with van der Waals surface area (Å²) >= 11 is 5.85. The molecule has 0 unspecified atom stereocenters. The van der Waals surface area contributed by atoms with Gasteiger partial charge in [0.2, 0.25) is 0 Å². The molecular formula is C11H11ClO. The van der Waals surface area contributed by atoms with Crippen molar-refractivity contribution in [3.05, 3.63) is 40.9 Å². The van der Waals surface area contributed by atoms with E-state index in [1.807, 2.05) is 13.0 Å². The van der Waals surface area contributed by atoms with Crippen molar-refractivity contribution < 1.29 is 4.79 Å². The van der Waals surface area contributed by atoms with Crippen molar-refractivity contribution in [3.8, 4) is 0 Å². The van der Waals surface area contributed by atoms with Crippen LogP contribution in [0.4, 0.5) is 0 Å². The molecule has 0 aliphatic heterocycles. The van der Waals surface area contributed by atoms with E-state index in [0.717, 1.165) is 11.1 Å². The normalized spacial score (nSPS) is 9.77. The van der Waals surface area contributed by atoms with Gasteiger partial charge in [-0.25, -0.2) is 0 Å². The Hall–Kier alpha value is -1.08. The van der Waals surface area contributed by atoms with Crippen LogP contribution in [0.3, 0.4) is 0 Å². The maximum absolute atomic E-state index is 11.1. The van der Waals surface area contributed by atoms with E-state index in [0.29, 0.717) is 10.6 Å². The minimum Gasteiger partial charge on any atom is -0.294 e. The molecule has 0 radical (unpaired) electrons. The minimum absolute atomic E-state index is 0.0203. The Morgan fingerprint density at radius 3 is 2.46 bits per heavy atom. The minimum atomic E-state index is -0.0203. The zero-order chi connectivity index (χ0) is 10.0. The molecule has 68 valence electrons. The SMILES string of the molecule is C=C(C)c1ccc(Cl)c(C(C)=O)c1. The van der Waals surface area contributed by atoms with Crippen molar-refractivity contribution in [2.45, 2.75) is 13.8 Å². The fourth-order valence-corrected chi connectivity index (χ4v) is 1.31. The molecule has 0 bridgehead atoms. The van der Waals surface area contributed by atoms with Crippen molar-refractivity contribution in [3.63, 3.8) is 0 Å². The van der Waals surface area contributed by atoms with E-state index in [1.54, 1.807) is 12.1 Å². The van der Waals surface area contributed by atoms with Gasteiger partial charge in [0, 0.05) is 5.56 Å². The molecule has 1 aromatic rings.